The lowest BCUT2D eigenvalue weighted by atomic mass is 10.1. The van der Waals surface area contributed by atoms with Gasteiger partial charge in [-0.1, -0.05) is 27.6 Å². The van der Waals surface area contributed by atoms with E-state index in [1.807, 2.05) is 37.3 Å². The summed E-state index contributed by atoms with van der Waals surface area (Å²) in [5, 5.41) is 0. The minimum atomic E-state index is 0.416. The molecule has 2 aromatic carbocycles. The lowest BCUT2D eigenvalue weighted by Crippen LogP contribution is -2.01. The standard InChI is InChI=1S/C16H16BrClO2/c1-11-3-5-15(19-2)13(7-11)10-20-16-6-4-14(17)8-12(16)9-18/h3-8H,9-10H2,1-2H3. The summed E-state index contributed by atoms with van der Waals surface area (Å²) in [5.74, 6) is 2.05. The Hall–Kier alpha value is -1.19. The first-order valence-corrected chi connectivity index (χ1v) is 7.57. The predicted molar refractivity (Wildman–Crippen MR) is 85.8 cm³/mol. The van der Waals surface area contributed by atoms with Crippen molar-refractivity contribution in [3.63, 3.8) is 0 Å². The Morgan fingerprint density at radius 3 is 2.50 bits per heavy atom. The molecule has 0 aliphatic heterocycles. The van der Waals surface area contributed by atoms with Crippen LogP contribution in [0.2, 0.25) is 0 Å². The lowest BCUT2D eigenvalue weighted by Gasteiger charge is -2.13. The zero-order valence-corrected chi connectivity index (χ0v) is 13.8. The molecular weight excluding hydrogens is 340 g/mol. The van der Waals surface area contributed by atoms with E-state index in [0.717, 1.165) is 27.1 Å². The van der Waals surface area contributed by atoms with E-state index in [4.69, 9.17) is 21.1 Å². The molecule has 0 radical (unpaired) electrons. The van der Waals surface area contributed by atoms with Crippen molar-refractivity contribution in [2.24, 2.45) is 0 Å². The maximum atomic E-state index is 5.94. The van der Waals surface area contributed by atoms with Crippen molar-refractivity contribution < 1.29 is 9.47 Å². The smallest absolute Gasteiger partial charge is 0.125 e. The number of aryl methyl sites for hydroxylation is 1. The van der Waals surface area contributed by atoms with Crippen molar-refractivity contribution in [3.05, 3.63) is 57.6 Å². The van der Waals surface area contributed by atoms with Crippen LogP contribution in [-0.4, -0.2) is 7.11 Å². The minimum absolute atomic E-state index is 0.416. The van der Waals surface area contributed by atoms with Gasteiger partial charge in [0.25, 0.3) is 0 Å². The molecule has 2 nitrogen and oxygen atoms in total. The van der Waals surface area contributed by atoms with Gasteiger partial charge in [-0.3, -0.25) is 0 Å². The summed E-state index contributed by atoms with van der Waals surface area (Å²) in [5.41, 5.74) is 3.17. The van der Waals surface area contributed by atoms with Crippen molar-refractivity contribution in [1.82, 2.24) is 0 Å². The van der Waals surface area contributed by atoms with Crippen LogP contribution in [0.1, 0.15) is 16.7 Å². The zero-order valence-electron chi connectivity index (χ0n) is 11.5. The first-order valence-electron chi connectivity index (χ1n) is 6.24. The highest BCUT2D eigenvalue weighted by Gasteiger charge is 2.07. The second-order valence-electron chi connectivity index (χ2n) is 4.49. The quantitative estimate of drug-likeness (QED) is 0.696. The monoisotopic (exact) mass is 354 g/mol. The van der Waals surface area contributed by atoms with Crippen LogP contribution < -0.4 is 9.47 Å². The Morgan fingerprint density at radius 1 is 1.05 bits per heavy atom. The van der Waals surface area contributed by atoms with Gasteiger partial charge in [-0.25, -0.2) is 0 Å². The van der Waals surface area contributed by atoms with E-state index in [-0.39, 0.29) is 0 Å². The molecule has 0 atom stereocenters. The first kappa shape index (κ1) is 15.2. The van der Waals surface area contributed by atoms with Gasteiger partial charge in [-0.15, -0.1) is 11.6 Å². The van der Waals surface area contributed by atoms with Gasteiger partial charge in [0.2, 0.25) is 0 Å². The average molecular weight is 356 g/mol. The molecule has 0 aliphatic carbocycles. The Morgan fingerprint density at radius 2 is 1.80 bits per heavy atom. The molecule has 0 aliphatic rings. The highest BCUT2D eigenvalue weighted by Crippen LogP contribution is 2.27. The fourth-order valence-corrected chi connectivity index (χ4v) is 2.59. The third-order valence-corrected chi connectivity index (χ3v) is 3.77. The van der Waals surface area contributed by atoms with E-state index < -0.39 is 0 Å². The molecular formula is C16H16BrClO2. The molecule has 0 saturated heterocycles. The van der Waals surface area contributed by atoms with Gasteiger partial charge in [0.1, 0.15) is 18.1 Å². The van der Waals surface area contributed by atoms with Gasteiger partial charge in [-0.2, -0.15) is 0 Å². The van der Waals surface area contributed by atoms with Crippen LogP contribution >= 0.6 is 27.5 Å². The summed E-state index contributed by atoms with van der Waals surface area (Å²) >= 11 is 9.38. The Balaban J connectivity index is 2.18. The SMILES string of the molecule is COc1ccc(C)cc1COc1ccc(Br)cc1CCl. The molecule has 106 valence electrons. The van der Waals surface area contributed by atoms with Crippen LogP contribution in [0.5, 0.6) is 11.5 Å². The molecule has 2 aromatic rings. The molecule has 0 spiro atoms. The molecule has 0 fully saturated rings. The van der Waals surface area contributed by atoms with Crippen LogP contribution in [0.15, 0.2) is 40.9 Å². The topological polar surface area (TPSA) is 18.5 Å². The molecule has 0 N–H and O–H groups in total. The molecule has 0 bridgehead atoms. The summed E-state index contributed by atoms with van der Waals surface area (Å²) in [4.78, 5) is 0. The van der Waals surface area contributed by atoms with Crippen LogP contribution in [-0.2, 0) is 12.5 Å². The number of rotatable bonds is 5. The molecule has 20 heavy (non-hydrogen) atoms. The molecule has 0 unspecified atom stereocenters. The summed E-state index contributed by atoms with van der Waals surface area (Å²) < 4.78 is 12.2. The molecule has 0 heterocycles. The average Bonchev–Trinajstić information content (AvgIpc) is 2.46. The van der Waals surface area contributed by atoms with Crippen molar-refractivity contribution in [2.75, 3.05) is 7.11 Å². The van der Waals surface area contributed by atoms with Crippen molar-refractivity contribution in [2.45, 2.75) is 19.4 Å². The van der Waals surface area contributed by atoms with E-state index in [2.05, 4.69) is 22.0 Å². The van der Waals surface area contributed by atoms with Crippen molar-refractivity contribution >= 4 is 27.5 Å². The highest BCUT2D eigenvalue weighted by molar-refractivity contribution is 9.10. The molecule has 2 rings (SSSR count). The summed E-state index contributed by atoms with van der Waals surface area (Å²) in [6, 6.07) is 11.9. The number of halogens is 2. The summed E-state index contributed by atoms with van der Waals surface area (Å²) in [6.45, 7) is 2.50. The van der Waals surface area contributed by atoms with E-state index in [1.165, 1.54) is 5.56 Å². The first-order chi connectivity index (χ1) is 9.63. The Kier molecular flexibility index (Phi) is 5.32. The van der Waals surface area contributed by atoms with Crippen molar-refractivity contribution in [1.29, 1.82) is 0 Å². The van der Waals surface area contributed by atoms with Crippen LogP contribution in [0.4, 0.5) is 0 Å². The molecule has 4 heteroatoms. The van der Waals surface area contributed by atoms with E-state index in [9.17, 15) is 0 Å². The fraction of sp³-hybridized carbons (Fsp3) is 0.250. The van der Waals surface area contributed by atoms with Gasteiger partial charge >= 0.3 is 0 Å². The second-order valence-corrected chi connectivity index (χ2v) is 5.67. The van der Waals surface area contributed by atoms with E-state index >= 15 is 0 Å². The van der Waals surface area contributed by atoms with E-state index in [0.29, 0.717) is 12.5 Å². The largest absolute Gasteiger partial charge is 0.496 e. The molecule has 0 aromatic heterocycles. The Labute approximate surface area is 132 Å². The summed E-state index contributed by atoms with van der Waals surface area (Å²) in [7, 11) is 1.66. The van der Waals surface area contributed by atoms with E-state index in [1.54, 1.807) is 7.11 Å². The molecule has 0 amide bonds. The summed E-state index contributed by atoms with van der Waals surface area (Å²) in [6.07, 6.45) is 0. The van der Waals surface area contributed by atoms with Crippen molar-refractivity contribution in [3.8, 4) is 11.5 Å². The van der Waals surface area contributed by atoms with Gasteiger partial charge in [0.15, 0.2) is 0 Å². The number of methoxy groups -OCH3 is 1. The number of hydrogen-bond acceptors (Lipinski definition) is 2. The normalized spacial score (nSPS) is 10.4. The molecule has 0 saturated carbocycles. The number of alkyl halides is 1. The van der Waals surface area contributed by atoms with Gasteiger partial charge in [-0.05, 0) is 37.3 Å². The number of hydrogen-bond donors (Lipinski definition) is 0. The van der Waals surface area contributed by atoms with Gasteiger partial charge < -0.3 is 9.47 Å². The lowest BCUT2D eigenvalue weighted by molar-refractivity contribution is 0.294. The minimum Gasteiger partial charge on any atom is -0.496 e. The second kappa shape index (κ2) is 7.00. The maximum absolute atomic E-state index is 5.94. The fourth-order valence-electron chi connectivity index (χ4n) is 1.97. The highest BCUT2D eigenvalue weighted by atomic mass is 79.9. The van der Waals surface area contributed by atoms with Crippen LogP contribution in [0.25, 0.3) is 0 Å². The van der Waals surface area contributed by atoms with Crippen LogP contribution in [0, 0.1) is 6.92 Å². The maximum Gasteiger partial charge on any atom is 0.125 e. The third-order valence-electron chi connectivity index (χ3n) is 2.99. The number of benzene rings is 2. The van der Waals surface area contributed by atoms with Gasteiger partial charge in [0.05, 0.1) is 13.0 Å². The Bertz CT molecular complexity index is 599. The third kappa shape index (κ3) is 3.68. The zero-order chi connectivity index (χ0) is 14.5. The predicted octanol–water partition coefficient (Wildman–Crippen LogP) is 5.08. The van der Waals surface area contributed by atoms with Crippen LogP contribution in [0.3, 0.4) is 0 Å². The number of ether oxygens (including phenoxy) is 2. The van der Waals surface area contributed by atoms with Gasteiger partial charge in [0, 0.05) is 15.6 Å².